The van der Waals surface area contributed by atoms with Gasteiger partial charge in [0.05, 0.1) is 0 Å². The molecule has 1 saturated carbocycles. The maximum atomic E-state index is 12.5. The average molecular weight is 386 g/mol. The van der Waals surface area contributed by atoms with Crippen molar-refractivity contribution in [3.63, 3.8) is 0 Å². The van der Waals surface area contributed by atoms with Crippen LogP contribution in [0.2, 0.25) is 0 Å². The molecule has 1 N–H and O–H groups in total. The van der Waals surface area contributed by atoms with E-state index in [-0.39, 0.29) is 23.5 Å². The third kappa shape index (κ3) is 4.10. The normalized spacial score (nSPS) is 22.9. The Kier molecular flexibility index (Phi) is 5.21. The SMILES string of the molecule is CN(C)C(=O)N1CCC2(CC1)CC(CC(=O)NCC1CC1)c1ccccc1O2. The van der Waals surface area contributed by atoms with Crippen LogP contribution >= 0.6 is 0 Å². The van der Waals surface area contributed by atoms with Gasteiger partial charge in [-0.15, -0.1) is 0 Å². The van der Waals surface area contributed by atoms with Gasteiger partial charge in [-0.05, 0) is 36.8 Å². The highest BCUT2D eigenvalue weighted by Crippen LogP contribution is 2.46. The number of rotatable bonds is 4. The second-order valence-corrected chi connectivity index (χ2v) is 8.84. The molecule has 3 amide bonds. The number of ether oxygens (including phenoxy) is 1. The number of fused-ring (bicyclic) bond motifs is 1. The minimum Gasteiger partial charge on any atom is -0.487 e. The predicted molar refractivity (Wildman–Crippen MR) is 107 cm³/mol. The molecule has 1 spiro atoms. The number of amides is 3. The van der Waals surface area contributed by atoms with Crippen LogP contribution in [0.25, 0.3) is 0 Å². The zero-order valence-electron chi connectivity index (χ0n) is 16.9. The summed E-state index contributed by atoms with van der Waals surface area (Å²) in [6.07, 6.45) is 5.44. The number of urea groups is 1. The molecule has 1 aromatic carbocycles. The molecule has 6 heteroatoms. The monoisotopic (exact) mass is 385 g/mol. The Labute approximate surface area is 167 Å². The van der Waals surface area contributed by atoms with E-state index in [4.69, 9.17) is 4.74 Å². The van der Waals surface area contributed by atoms with E-state index in [1.54, 1.807) is 19.0 Å². The van der Waals surface area contributed by atoms with Crippen molar-refractivity contribution in [1.29, 1.82) is 0 Å². The second kappa shape index (κ2) is 7.64. The van der Waals surface area contributed by atoms with Crippen LogP contribution < -0.4 is 10.1 Å². The lowest BCUT2D eigenvalue weighted by Crippen LogP contribution is -2.53. The molecule has 1 aliphatic carbocycles. The minimum atomic E-state index is -0.279. The van der Waals surface area contributed by atoms with Gasteiger partial charge in [0.15, 0.2) is 0 Å². The molecule has 6 nitrogen and oxygen atoms in total. The van der Waals surface area contributed by atoms with Gasteiger partial charge >= 0.3 is 6.03 Å². The van der Waals surface area contributed by atoms with Crippen molar-refractivity contribution in [2.45, 2.75) is 50.0 Å². The van der Waals surface area contributed by atoms with Crippen molar-refractivity contribution >= 4 is 11.9 Å². The number of carbonyl (C=O) groups excluding carboxylic acids is 2. The zero-order chi connectivity index (χ0) is 19.7. The van der Waals surface area contributed by atoms with E-state index in [1.807, 2.05) is 23.1 Å². The standard InChI is InChI=1S/C22H31N3O3/c1-24(2)21(27)25-11-9-22(10-12-25)14-17(13-20(26)23-15-16-7-8-16)18-5-3-4-6-19(18)28-22/h3-6,16-17H,7-15H2,1-2H3,(H,23,26). The highest BCUT2D eigenvalue weighted by atomic mass is 16.5. The molecule has 1 unspecified atom stereocenters. The van der Waals surface area contributed by atoms with Crippen LogP contribution in [0.4, 0.5) is 4.79 Å². The predicted octanol–water partition coefficient (Wildman–Crippen LogP) is 2.99. The van der Waals surface area contributed by atoms with Gasteiger partial charge in [-0.25, -0.2) is 4.79 Å². The van der Waals surface area contributed by atoms with Crippen LogP contribution in [0.3, 0.4) is 0 Å². The fraction of sp³-hybridized carbons (Fsp3) is 0.636. The molecule has 1 saturated heterocycles. The number of piperidine rings is 1. The summed E-state index contributed by atoms with van der Waals surface area (Å²) in [5.41, 5.74) is 0.861. The van der Waals surface area contributed by atoms with Crippen molar-refractivity contribution in [3.8, 4) is 5.75 Å². The number of benzene rings is 1. The van der Waals surface area contributed by atoms with Crippen LogP contribution in [0.1, 0.15) is 50.0 Å². The summed E-state index contributed by atoms with van der Waals surface area (Å²) in [6.45, 7) is 2.20. The largest absolute Gasteiger partial charge is 0.487 e. The summed E-state index contributed by atoms with van der Waals surface area (Å²) < 4.78 is 6.49. The van der Waals surface area contributed by atoms with Crippen molar-refractivity contribution in [2.75, 3.05) is 33.7 Å². The van der Waals surface area contributed by atoms with Crippen LogP contribution in [-0.4, -0.2) is 61.1 Å². The Morgan fingerprint density at radius 3 is 2.61 bits per heavy atom. The lowest BCUT2D eigenvalue weighted by molar-refractivity contribution is -0.122. The quantitative estimate of drug-likeness (QED) is 0.867. The topological polar surface area (TPSA) is 61.9 Å². The van der Waals surface area contributed by atoms with Gasteiger partial charge in [-0.1, -0.05) is 18.2 Å². The molecule has 1 atom stereocenters. The highest BCUT2D eigenvalue weighted by Gasteiger charge is 2.44. The highest BCUT2D eigenvalue weighted by molar-refractivity contribution is 5.77. The van der Waals surface area contributed by atoms with E-state index in [2.05, 4.69) is 11.4 Å². The molecule has 4 rings (SSSR count). The Bertz CT molecular complexity index is 736. The van der Waals surface area contributed by atoms with Crippen LogP contribution in [0.5, 0.6) is 5.75 Å². The van der Waals surface area contributed by atoms with Gasteiger partial charge < -0.3 is 19.9 Å². The van der Waals surface area contributed by atoms with E-state index in [9.17, 15) is 9.59 Å². The Balaban J connectivity index is 1.45. The first kappa shape index (κ1) is 19.1. The maximum absolute atomic E-state index is 12.5. The number of nitrogens with one attached hydrogen (secondary N) is 1. The number of para-hydroxylation sites is 1. The fourth-order valence-corrected chi connectivity index (χ4v) is 4.50. The molecule has 28 heavy (non-hydrogen) atoms. The van der Waals surface area contributed by atoms with Gasteiger partial charge in [-0.2, -0.15) is 0 Å². The summed E-state index contributed by atoms with van der Waals surface area (Å²) in [6, 6.07) is 8.18. The Morgan fingerprint density at radius 2 is 1.93 bits per heavy atom. The zero-order valence-corrected chi connectivity index (χ0v) is 16.9. The molecule has 0 bridgehead atoms. The number of hydrogen-bond acceptors (Lipinski definition) is 3. The molecule has 0 aromatic heterocycles. The average Bonchev–Trinajstić information content (AvgIpc) is 3.51. The maximum Gasteiger partial charge on any atom is 0.319 e. The van der Waals surface area contributed by atoms with E-state index >= 15 is 0 Å². The van der Waals surface area contributed by atoms with E-state index < -0.39 is 0 Å². The molecule has 2 aliphatic heterocycles. The first-order valence-electron chi connectivity index (χ1n) is 10.5. The Hall–Kier alpha value is -2.24. The summed E-state index contributed by atoms with van der Waals surface area (Å²) in [5, 5.41) is 3.11. The van der Waals surface area contributed by atoms with Gasteiger partial charge in [-0.3, -0.25) is 4.79 Å². The van der Waals surface area contributed by atoms with Gasteiger partial charge in [0.25, 0.3) is 0 Å². The molecule has 2 heterocycles. The lowest BCUT2D eigenvalue weighted by atomic mass is 9.76. The number of carbonyl (C=O) groups is 2. The first-order chi connectivity index (χ1) is 13.5. The van der Waals surface area contributed by atoms with E-state index in [1.165, 1.54) is 12.8 Å². The third-order valence-corrected chi connectivity index (χ3v) is 6.35. The van der Waals surface area contributed by atoms with Crippen molar-refractivity contribution in [3.05, 3.63) is 29.8 Å². The van der Waals surface area contributed by atoms with Gasteiger partial charge in [0.1, 0.15) is 11.4 Å². The third-order valence-electron chi connectivity index (χ3n) is 6.35. The summed E-state index contributed by atoms with van der Waals surface area (Å²) >= 11 is 0. The fourth-order valence-electron chi connectivity index (χ4n) is 4.50. The minimum absolute atomic E-state index is 0.0575. The smallest absolute Gasteiger partial charge is 0.319 e. The summed E-state index contributed by atoms with van der Waals surface area (Å²) in [5.74, 6) is 1.90. The molecular weight excluding hydrogens is 354 g/mol. The Morgan fingerprint density at radius 1 is 1.21 bits per heavy atom. The number of likely N-dealkylation sites (tertiary alicyclic amines) is 1. The van der Waals surface area contributed by atoms with Crippen molar-refractivity contribution in [2.24, 2.45) is 5.92 Å². The van der Waals surface area contributed by atoms with Crippen LogP contribution in [-0.2, 0) is 4.79 Å². The van der Waals surface area contributed by atoms with Crippen LogP contribution in [0.15, 0.2) is 24.3 Å². The van der Waals surface area contributed by atoms with E-state index in [0.717, 1.165) is 37.1 Å². The number of nitrogens with zero attached hydrogens (tertiary/aromatic N) is 2. The second-order valence-electron chi connectivity index (χ2n) is 8.84. The van der Waals surface area contributed by atoms with Crippen molar-refractivity contribution in [1.82, 2.24) is 15.1 Å². The van der Waals surface area contributed by atoms with Gasteiger partial charge in [0.2, 0.25) is 5.91 Å². The lowest BCUT2D eigenvalue weighted by Gasteiger charge is -2.47. The molecule has 1 aromatic rings. The van der Waals surface area contributed by atoms with Gasteiger partial charge in [0, 0.05) is 58.9 Å². The number of hydrogen-bond donors (Lipinski definition) is 1. The molecule has 2 fully saturated rings. The van der Waals surface area contributed by atoms with Crippen LogP contribution in [0, 0.1) is 5.92 Å². The first-order valence-corrected chi connectivity index (χ1v) is 10.5. The molecule has 3 aliphatic rings. The molecular formula is C22H31N3O3. The summed E-state index contributed by atoms with van der Waals surface area (Å²) in [4.78, 5) is 28.3. The summed E-state index contributed by atoms with van der Waals surface area (Å²) in [7, 11) is 3.58. The van der Waals surface area contributed by atoms with Crippen molar-refractivity contribution < 1.29 is 14.3 Å². The van der Waals surface area contributed by atoms with E-state index in [0.29, 0.717) is 25.4 Å². The molecule has 0 radical (unpaired) electrons. The molecule has 152 valence electrons.